The van der Waals surface area contributed by atoms with Crippen LogP contribution < -0.4 is 4.74 Å². The summed E-state index contributed by atoms with van der Waals surface area (Å²) in [5.41, 5.74) is 1.20. The van der Waals surface area contributed by atoms with Crippen molar-refractivity contribution in [1.29, 1.82) is 0 Å². The van der Waals surface area contributed by atoms with Crippen LogP contribution in [-0.4, -0.2) is 7.11 Å². The highest BCUT2D eigenvalue weighted by molar-refractivity contribution is 6.22. The minimum Gasteiger partial charge on any atom is -0.496 e. The van der Waals surface area contributed by atoms with Crippen LogP contribution in [0.4, 0.5) is 0 Å². The first-order chi connectivity index (χ1) is 8.69. The van der Waals surface area contributed by atoms with Crippen LogP contribution in [0.2, 0.25) is 0 Å². The summed E-state index contributed by atoms with van der Waals surface area (Å²) in [7, 11) is 1.70. The average molecular weight is 263 g/mol. The van der Waals surface area contributed by atoms with Crippen LogP contribution in [0.5, 0.6) is 5.75 Å². The zero-order valence-electron chi connectivity index (χ0n) is 11.1. The fraction of sp³-hybridized carbons (Fsp3) is 0.375. The molecule has 0 radical (unpaired) electrons. The Labute approximate surface area is 114 Å². The lowest BCUT2D eigenvalue weighted by Gasteiger charge is -2.19. The smallest absolute Gasteiger partial charge is 0.126 e. The second-order valence-corrected chi connectivity index (χ2v) is 5.16. The number of methoxy groups -OCH3 is 1. The van der Waals surface area contributed by atoms with Crippen molar-refractivity contribution in [3.63, 3.8) is 0 Å². The average Bonchev–Trinajstić information content (AvgIpc) is 2.44. The van der Waals surface area contributed by atoms with Gasteiger partial charge in [0.2, 0.25) is 0 Å². The molecule has 2 aromatic carbocycles. The number of alkyl halides is 1. The Morgan fingerprint density at radius 3 is 2.39 bits per heavy atom. The van der Waals surface area contributed by atoms with E-state index in [0.29, 0.717) is 5.92 Å². The van der Waals surface area contributed by atoms with Gasteiger partial charge in [0.25, 0.3) is 0 Å². The van der Waals surface area contributed by atoms with Gasteiger partial charge < -0.3 is 4.74 Å². The molecule has 2 rings (SSSR count). The molecule has 2 unspecified atom stereocenters. The van der Waals surface area contributed by atoms with Gasteiger partial charge in [-0.05, 0) is 22.9 Å². The molecule has 1 nitrogen and oxygen atoms in total. The van der Waals surface area contributed by atoms with Gasteiger partial charge in [-0.15, -0.1) is 11.6 Å². The largest absolute Gasteiger partial charge is 0.496 e. The summed E-state index contributed by atoms with van der Waals surface area (Å²) >= 11 is 6.59. The van der Waals surface area contributed by atoms with Crippen LogP contribution in [0.15, 0.2) is 36.4 Å². The van der Waals surface area contributed by atoms with E-state index in [9.17, 15) is 0 Å². The van der Waals surface area contributed by atoms with Gasteiger partial charge in [0, 0.05) is 5.39 Å². The Kier molecular flexibility index (Phi) is 4.13. The molecule has 0 saturated heterocycles. The fourth-order valence-corrected chi connectivity index (χ4v) is 2.60. The molecule has 0 heterocycles. The standard InChI is InChI=1S/C16H19ClO/c1-4-11(2)16(17)14-9-10-15(18-3)13-8-6-5-7-12(13)14/h5-11,16H,4H2,1-3H3. The van der Waals surface area contributed by atoms with Crippen LogP contribution in [0, 0.1) is 5.92 Å². The first-order valence-electron chi connectivity index (χ1n) is 6.38. The van der Waals surface area contributed by atoms with Crippen molar-refractivity contribution in [2.45, 2.75) is 25.6 Å². The van der Waals surface area contributed by atoms with Gasteiger partial charge in [0.15, 0.2) is 0 Å². The third kappa shape index (κ3) is 2.32. The van der Waals surface area contributed by atoms with Gasteiger partial charge in [0.05, 0.1) is 12.5 Å². The third-order valence-electron chi connectivity index (χ3n) is 3.58. The number of rotatable bonds is 4. The fourth-order valence-electron chi connectivity index (χ4n) is 2.23. The summed E-state index contributed by atoms with van der Waals surface area (Å²) in [6, 6.07) is 12.4. The van der Waals surface area contributed by atoms with Gasteiger partial charge in [-0.3, -0.25) is 0 Å². The highest BCUT2D eigenvalue weighted by Gasteiger charge is 2.18. The van der Waals surface area contributed by atoms with Crippen molar-refractivity contribution in [2.75, 3.05) is 7.11 Å². The van der Waals surface area contributed by atoms with Crippen LogP contribution in [0.3, 0.4) is 0 Å². The SMILES string of the molecule is CCC(C)C(Cl)c1ccc(OC)c2ccccc12. The quantitative estimate of drug-likeness (QED) is 0.691. The van der Waals surface area contributed by atoms with Gasteiger partial charge in [-0.2, -0.15) is 0 Å². The number of ether oxygens (including phenoxy) is 1. The zero-order chi connectivity index (χ0) is 13.1. The third-order valence-corrected chi connectivity index (χ3v) is 4.24. The lowest BCUT2D eigenvalue weighted by atomic mass is 9.93. The van der Waals surface area contributed by atoms with Crippen molar-refractivity contribution in [3.05, 3.63) is 42.0 Å². The topological polar surface area (TPSA) is 9.23 Å². The van der Waals surface area contributed by atoms with Crippen molar-refractivity contribution in [2.24, 2.45) is 5.92 Å². The van der Waals surface area contributed by atoms with Gasteiger partial charge in [-0.25, -0.2) is 0 Å². The van der Waals surface area contributed by atoms with Crippen molar-refractivity contribution >= 4 is 22.4 Å². The Hall–Kier alpha value is -1.21. The number of halogens is 1. The molecule has 2 atom stereocenters. The second-order valence-electron chi connectivity index (χ2n) is 4.69. The van der Waals surface area contributed by atoms with E-state index in [1.54, 1.807) is 7.11 Å². The van der Waals surface area contributed by atoms with Gasteiger partial charge in [0.1, 0.15) is 5.75 Å². The molecule has 0 spiro atoms. The van der Waals surface area contributed by atoms with E-state index < -0.39 is 0 Å². The Morgan fingerprint density at radius 1 is 1.11 bits per heavy atom. The summed E-state index contributed by atoms with van der Waals surface area (Å²) in [6.07, 6.45) is 1.08. The molecule has 0 bridgehead atoms. The molecule has 0 saturated carbocycles. The second kappa shape index (κ2) is 5.62. The molecule has 2 heteroatoms. The summed E-state index contributed by atoms with van der Waals surface area (Å²) in [4.78, 5) is 0. The molecular formula is C16H19ClO. The summed E-state index contributed by atoms with van der Waals surface area (Å²) in [6.45, 7) is 4.36. The number of fused-ring (bicyclic) bond motifs is 1. The predicted octanol–water partition coefficient (Wildman–Crippen LogP) is 5.17. The van der Waals surface area contributed by atoms with E-state index in [4.69, 9.17) is 16.3 Å². The number of hydrogen-bond acceptors (Lipinski definition) is 1. The highest BCUT2D eigenvalue weighted by Crippen LogP contribution is 2.38. The maximum absolute atomic E-state index is 6.59. The molecule has 96 valence electrons. The van der Waals surface area contributed by atoms with E-state index in [0.717, 1.165) is 17.6 Å². The lowest BCUT2D eigenvalue weighted by molar-refractivity contribution is 0.419. The van der Waals surface area contributed by atoms with Crippen LogP contribution in [0.25, 0.3) is 10.8 Å². The minimum absolute atomic E-state index is 0.0470. The van der Waals surface area contributed by atoms with E-state index in [1.807, 2.05) is 18.2 Å². The van der Waals surface area contributed by atoms with Gasteiger partial charge >= 0.3 is 0 Å². The van der Waals surface area contributed by atoms with E-state index >= 15 is 0 Å². The van der Waals surface area contributed by atoms with Crippen molar-refractivity contribution < 1.29 is 4.74 Å². The molecular weight excluding hydrogens is 244 g/mol. The Balaban J connectivity index is 2.59. The van der Waals surface area contributed by atoms with Crippen LogP contribution in [0.1, 0.15) is 31.2 Å². The van der Waals surface area contributed by atoms with E-state index in [2.05, 4.69) is 32.0 Å². The molecule has 0 aliphatic carbocycles. The monoisotopic (exact) mass is 262 g/mol. The molecule has 0 N–H and O–H groups in total. The van der Waals surface area contributed by atoms with Crippen LogP contribution >= 0.6 is 11.6 Å². The Bertz CT molecular complexity index is 536. The number of hydrogen-bond donors (Lipinski definition) is 0. The zero-order valence-corrected chi connectivity index (χ0v) is 11.9. The molecule has 2 aromatic rings. The first kappa shape index (κ1) is 13.2. The summed E-state index contributed by atoms with van der Waals surface area (Å²) in [5, 5.41) is 2.37. The van der Waals surface area contributed by atoms with E-state index in [-0.39, 0.29) is 5.38 Å². The Morgan fingerprint density at radius 2 is 1.78 bits per heavy atom. The van der Waals surface area contributed by atoms with Crippen molar-refractivity contribution in [1.82, 2.24) is 0 Å². The maximum Gasteiger partial charge on any atom is 0.126 e. The first-order valence-corrected chi connectivity index (χ1v) is 6.82. The summed E-state index contributed by atoms with van der Waals surface area (Å²) < 4.78 is 5.41. The molecule has 18 heavy (non-hydrogen) atoms. The number of benzene rings is 2. The maximum atomic E-state index is 6.59. The predicted molar refractivity (Wildman–Crippen MR) is 78.5 cm³/mol. The molecule has 0 aromatic heterocycles. The molecule has 0 aliphatic rings. The van der Waals surface area contributed by atoms with Crippen molar-refractivity contribution in [3.8, 4) is 5.75 Å². The highest BCUT2D eigenvalue weighted by atomic mass is 35.5. The van der Waals surface area contributed by atoms with Crippen LogP contribution in [-0.2, 0) is 0 Å². The minimum atomic E-state index is 0.0470. The lowest BCUT2D eigenvalue weighted by Crippen LogP contribution is -2.03. The summed E-state index contributed by atoms with van der Waals surface area (Å²) in [5.74, 6) is 1.37. The normalized spacial score (nSPS) is 14.4. The van der Waals surface area contributed by atoms with Gasteiger partial charge in [-0.1, -0.05) is 50.6 Å². The van der Waals surface area contributed by atoms with E-state index in [1.165, 1.54) is 10.9 Å². The molecule has 0 aliphatic heterocycles. The molecule has 0 amide bonds. The molecule has 0 fully saturated rings.